The summed E-state index contributed by atoms with van der Waals surface area (Å²) in [6.45, 7) is 3.61. The van der Waals surface area contributed by atoms with Crippen LogP contribution in [0.5, 0.6) is 0 Å². The van der Waals surface area contributed by atoms with Gasteiger partial charge in [-0.1, -0.05) is 23.5 Å². The Labute approximate surface area is 157 Å². The molecule has 2 aliphatic rings. The van der Waals surface area contributed by atoms with Gasteiger partial charge < -0.3 is 20.3 Å². The van der Waals surface area contributed by atoms with E-state index in [4.69, 9.17) is 9.72 Å². The molecule has 0 bridgehead atoms. The SMILES string of the molecule is CN[C@@H]1CCN(c2nc3cccc(C=O)c3s2)C[C@@H]1NC1CCOCC1. The lowest BCUT2D eigenvalue weighted by Crippen LogP contribution is -2.60. The molecule has 1 aromatic carbocycles. The molecule has 2 fully saturated rings. The second kappa shape index (κ2) is 8.00. The largest absolute Gasteiger partial charge is 0.381 e. The van der Waals surface area contributed by atoms with Crippen molar-refractivity contribution >= 4 is 33.0 Å². The molecule has 2 aliphatic heterocycles. The molecule has 140 valence electrons. The number of likely N-dealkylation sites (N-methyl/N-ethyl adjacent to an activating group) is 1. The highest BCUT2D eigenvalue weighted by Gasteiger charge is 2.31. The Morgan fingerprint density at radius 3 is 2.88 bits per heavy atom. The van der Waals surface area contributed by atoms with E-state index in [0.717, 1.165) is 72.8 Å². The number of carbonyl (C=O) groups is 1. The lowest BCUT2D eigenvalue weighted by molar-refractivity contribution is 0.0727. The van der Waals surface area contributed by atoms with E-state index in [0.29, 0.717) is 18.1 Å². The molecule has 2 saturated heterocycles. The van der Waals surface area contributed by atoms with Crippen LogP contribution in [0, 0.1) is 0 Å². The van der Waals surface area contributed by atoms with E-state index in [1.165, 1.54) is 0 Å². The summed E-state index contributed by atoms with van der Waals surface area (Å²) in [5.74, 6) is 0. The molecule has 0 amide bonds. The average molecular weight is 375 g/mol. The van der Waals surface area contributed by atoms with Gasteiger partial charge in [0.05, 0.1) is 10.2 Å². The van der Waals surface area contributed by atoms with E-state index in [2.05, 4.69) is 15.5 Å². The molecule has 2 aromatic rings. The predicted molar refractivity (Wildman–Crippen MR) is 105 cm³/mol. The molecule has 0 spiro atoms. The van der Waals surface area contributed by atoms with Crippen molar-refractivity contribution in [3.05, 3.63) is 23.8 Å². The molecular weight excluding hydrogens is 348 g/mol. The van der Waals surface area contributed by atoms with Crippen LogP contribution in [-0.4, -0.2) is 62.7 Å². The van der Waals surface area contributed by atoms with Crippen molar-refractivity contribution in [2.75, 3.05) is 38.3 Å². The number of aldehydes is 1. The van der Waals surface area contributed by atoms with Gasteiger partial charge >= 0.3 is 0 Å². The number of hydrogen-bond donors (Lipinski definition) is 2. The summed E-state index contributed by atoms with van der Waals surface area (Å²) in [4.78, 5) is 18.5. The second-order valence-electron chi connectivity index (χ2n) is 7.10. The summed E-state index contributed by atoms with van der Waals surface area (Å²) in [6, 6.07) is 7.13. The Morgan fingerprint density at radius 1 is 1.27 bits per heavy atom. The number of carbonyl (C=O) groups excluding carboxylic acids is 1. The quantitative estimate of drug-likeness (QED) is 0.781. The standard InChI is InChI=1S/C19H26N4O2S/c1-20-15-5-8-23(11-17(15)21-14-6-9-25-10-7-14)19-22-16-4-2-3-13(12-24)18(16)26-19/h2-4,12,14-15,17,20-21H,5-11H2,1H3/t15-,17+/m1/s1. The van der Waals surface area contributed by atoms with Gasteiger partial charge in [0.25, 0.3) is 0 Å². The fourth-order valence-electron chi connectivity index (χ4n) is 3.99. The number of aromatic nitrogens is 1. The Hall–Kier alpha value is -1.54. The first kappa shape index (κ1) is 17.9. The van der Waals surface area contributed by atoms with E-state index in [9.17, 15) is 4.79 Å². The zero-order valence-electron chi connectivity index (χ0n) is 15.1. The van der Waals surface area contributed by atoms with Crippen molar-refractivity contribution in [2.24, 2.45) is 0 Å². The normalized spacial score (nSPS) is 24.9. The van der Waals surface area contributed by atoms with Gasteiger partial charge in [-0.2, -0.15) is 0 Å². The smallest absolute Gasteiger partial charge is 0.186 e. The molecule has 0 radical (unpaired) electrons. The lowest BCUT2D eigenvalue weighted by Gasteiger charge is -2.41. The van der Waals surface area contributed by atoms with Crippen LogP contribution in [0.15, 0.2) is 18.2 Å². The third-order valence-corrected chi connectivity index (χ3v) is 6.67. The number of thiazole rings is 1. The van der Waals surface area contributed by atoms with Crippen molar-refractivity contribution in [3.8, 4) is 0 Å². The number of benzene rings is 1. The Bertz CT molecular complexity index is 759. The molecule has 4 rings (SSSR count). The number of piperidine rings is 1. The summed E-state index contributed by atoms with van der Waals surface area (Å²) >= 11 is 1.63. The first-order valence-electron chi connectivity index (χ1n) is 9.39. The topological polar surface area (TPSA) is 66.5 Å². The molecule has 0 unspecified atom stereocenters. The Kier molecular flexibility index (Phi) is 5.49. The fraction of sp³-hybridized carbons (Fsp3) is 0.579. The van der Waals surface area contributed by atoms with Gasteiger partial charge in [0.2, 0.25) is 0 Å². The third-order valence-electron chi connectivity index (χ3n) is 5.49. The molecule has 2 N–H and O–H groups in total. The summed E-state index contributed by atoms with van der Waals surface area (Å²) in [7, 11) is 2.05. The maximum Gasteiger partial charge on any atom is 0.186 e. The molecule has 0 saturated carbocycles. The number of fused-ring (bicyclic) bond motifs is 1. The van der Waals surface area contributed by atoms with Crippen molar-refractivity contribution < 1.29 is 9.53 Å². The highest BCUT2D eigenvalue weighted by molar-refractivity contribution is 7.22. The predicted octanol–water partition coefficient (Wildman–Crippen LogP) is 2.04. The van der Waals surface area contributed by atoms with Gasteiger partial charge in [-0.25, -0.2) is 4.98 Å². The Morgan fingerprint density at radius 2 is 2.12 bits per heavy atom. The zero-order valence-corrected chi connectivity index (χ0v) is 15.9. The van der Waals surface area contributed by atoms with Gasteiger partial charge in [0.15, 0.2) is 11.4 Å². The van der Waals surface area contributed by atoms with Crippen LogP contribution in [0.1, 0.15) is 29.6 Å². The minimum Gasteiger partial charge on any atom is -0.381 e. The van der Waals surface area contributed by atoms with Gasteiger partial charge in [-0.05, 0) is 32.4 Å². The summed E-state index contributed by atoms with van der Waals surface area (Å²) in [6.07, 6.45) is 4.16. The average Bonchev–Trinajstić information content (AvgIpc) is 3.13. The number of anilines is 1. The van der Waals surface area contributed by atoms with Crippen LogP contribution in [0.2, 0.25) is 0 Å². The van der Waals surface area contributed by atoms with E-state index < -0.39 is 0 Å². The van der Waals surface area contributed by atoms with Gasteiger partial charge in [0, 0.05) is 50.0 Å². The minimum absolute atomic E-state index is 0.384. The van der Waals surface area contributed by atoms with Gasteiger partial charge in [0.1, 0.15) is 0 Å². The minimum atomic E-state index is 0.384. The first-order chi connectivity index (χ1) is 12.8. The number of nitrogens with one attached hydrogen (secondary N) is 2. The molecule has 0 aliphatic carbocycles. The molecule has 3 heterocycles. The maximum absolute atomic E-state index is 11.3. The first-order valence-corrected chi connectivity index (χ1v) is 10.2. The monoisotopic (exact) mass is 374 g/mol. The summed E-state index contributed by atoms with van der Waals surface area (Å²) in [5.41, 5.74) is 1.65. The van der Waals surface area contributed by atoms with Crippen LogP contribution in [-0.2, 0) is 4.74 Å². The van der Waals surface area contributed by atoms with Crippen LogP contribution in [0.25, 0.3) is 10.2 Å². The van der Waals surface area contributed by atoms with E-state index >= 15 is 0 Å². The molecule has 7 heteroatoms. The number of hydrogen-bond acceptors (Lipinski definition) is 7. The van der Waals surface area contributed by atoms with Crippen LogP contribution >= 0.6 is 11.3 Å². The van der Waals surface area contributed by atoms with Gasteiger partial charge in [-0.3, -0.25) is 4.79 Å². The van der Waals surface area contributed by atoms with Crippen LogP contribution in [0.3, 0.4) is 0 Å². The van der Waals surface area contributed by atoms with Crippen molar-refractivity contribution in [2.45, 2.75) is 37.4 Å². The van der Waals surface area contributed by atoms with Crippen molar-refractivity contribution in [1.82, 2.24) is 15.6 Å². The van der Waals surface area contributed by atoms with Crippen LogP contribution < -0.4 is 15.5 Å². The highest BCUT2D eigenvalue weighted by Crippen LogP contribution is 2.32. The van der Waals surface area contributed by atoms with Gasteiger partial charge in [-0.15, -0.1) is 0 Å². The third kappa shape index (κ3) is 3.62. The fourth-order valence-corrected chi connectivity index (χ4v) is 5.07. The van der Waals surface area contributed by atoms with Crippen molar-refractivity contribution in [3.63, 3.8) is 0 Å². The van der Waals surface area contributed by atoms with E-state index in [1.807, 2.05) is 25.2 Å². The second-order valence-corrected chi connectivity index (χ2v) is 8.08. The highest BCUT2D eigenvalue weighted by atomic mass is 32.1. The molecule has 26 heavy (non-hydrogen) atoms. The number of nitrogens with zero attached hydrogens (tertiary/aromatic N) is 2. The zero-order chi connectivity index (χ0) is 17.9. The van der Waals surface area contributed by atoms with Crippen molar-refractivity contribution in [1.29, 1.82) is 0 Å². The molecule has 2 atom stereocenters. The maximum atomic E-state index is 11.3. The van der Waals surface area contributed by atoms with Crippen LogP contribution in [0.4, 0.5) is 5.13 Å². The lowest BCUT2D eigenvalue weighted by atomic mass is 9.97. The molecular formula is C19H26N4O2S. The van der Waals surface area contributed by atoms with E-state index in [1.54, 1.807) is 11.3 Å². The Balaban J connectivity index is 1.52. The number of rotatable bonds is 5. The summed E-state index contributed by atoms with van der Waals surface area (Å²) in [5, 5.41) is 8.34. The molecule has 1 aromatic heterocycles. The molecule has 6 nitrogen and oxygen atoms in total. The van der Waals surface area contributed by atoms with E-state index in [-0.39, 0.29) is 0 Å². The summed E-state index contributed by atoms with van der Waals surface area (Å²) < 4.78 is 6.47. The number of ether oxygens (including phenoxy) is 1.